The average Bonchev–Trinajstić information content (AvgIpc) is 2.04. The molecule has 0 saturated carbocycles. The van der Waals surface area contributed by atoms with Crippen LogP contribution < -0.4 is 0 Å². The van der Waals surface area contributed by atoms with Crippen molar-refractivity contribution in [2.45, 2.75) is 13.3 Å². The molecular weight excluding hydrogens is 155 g/mol. The molecule has 1 N–H and O–H groups in total. The molecule has 0 aliphatic carbocycles. The summed E-state index contributed by atoms with van der Waals surface area (Å²) in [4.78, 5) is 0. The molecule has 0 aromatic heterocycles. The molecule has 1 aromatic rings. The van der Waals surface area contributed by atoms with Gasteiger partial charge in [-0.3, -0.25) is 0 Å². The molecule has 0 spiro atoms. The fourth-order valence-corrected chi connectivity index (χ4v) is 1.13. The third-order valence-electron chi connectivity index (χ3n) is 1.78. The van der Waals surface area contributed by atoms with Crippen LogP contribution in [-0.2, 0) is 6.42 Å². The van der Waals surface area contributed by atoms with Crippen LogP contribution in [0.15, 0.2) is 24.3 Å². The first-order chi connectivity index (χ1) is 5.72. The monoisotopic (exact) mass is 168 g/mol. The number of rotatable bonds is 3. The SMILES string of the molecule is CC(CO)Cc1cccc(F)c1. The predicted octanol–water partition coefficient (Wildman–Crippen LogP) is 2.00. The van der Waals surface area contributed by atoms with E-state index in [4.69, 9.17) is 5.11 Å². The molecule has 0 fully saturated rings. The number of halogens is 1. The first kappa shape index (κ1) is 9.20. The average molecular weight is 168 g/mol. The largest absolute Gasteiger partial charge is 0.396 e. The van der Waals surface area contributed by atoms with E-state index in [9.17, 15) is 4.39 Å². The molecule has 0 aliphatic heterocycles. The molecule has 2 heteroatoms. The molecule has 0 amide bonds. The van der Waals surface area contributed by atoms with Gasteiger partial charge in [0.2, 0.25) is 0 Å². The number of aliphatic hydroxyl groups is 1. The highest BCUT2D eigenvalue weighted by molar-refractivity contribution is 5.16. The van der Waals surface area contributed by atoms with E-state index in [0.717, 1.165) is 12.0 Å². The van der Waals surface area contributed by atoms with Crippen molar-refractivity contribution in [3.63, 3.8) is 0 Å². The highest BCUT2D eigenvalue weighted by atomic mass is 19.1. The molecule has 0 radical (unpaired) electrons. The standard InChI is InChI=1S/C10H13FO/c1-8(7-12)5-9-3-2-4-10(11)6-9/h2-4,6,8,12H,5,7H2,1H3. The number of hydrogen-bond acceptors (Lipinski definition) is 1. The fourth-order valence-electron chi connectivity index (χ4n) is 1.13. The van der Waals surface area contributed by atoms with Gasteiger partial charge in [-0.15, -0.1) is 0 Å². The lowest BCUT2D eigenvalue weighted by molar-refractivity contribution is 0.237. The van der Waals surface area contributed by atoms with Gasteiger partial charge < -0.3 is 5.11 Å². The molecule has 1 rings (SSSR count). The highest BCUT2D eigenvalue weighted by Gasteiger charge is 2.01. The maximum absolute atomic E-state index is 12.7. The minimum absolute atomic E-state index is 0.149. The van der Waals surface area contributed by atoms with E-state index in [1.165, 1.54) is 12.1 Å². The van der Waals surface area contributed by atoms with E-state index in [2.05, 4.69) is 0 Å². The number of aliphatic hydroxyl groups excluding tert-OH is 1. The van der Waals surface area contributed by atoms with Crippen molar-refractivity contribution < 1.29 is 9.50 Å². The van der Waals surface area contributed by atoms with Gasteiger partial charge in [-0.2, -0.15) is 0 Å². The Hall–Kier alpha value is -0.890. The molecule has 0 heterocycles. The van der Waals surface area contributed by atoms with E-state index < -0.39 is 0 Å². The second-order valence-corrected chi connectivity index (χ2v) is 3.12. The second-order valence-electron chi connectivity index (χ2n) is 3.12. The van der Waals surface area contributed by atoms with E-state index in [0.29, 0.717) is 0 Å². The van der Waals surface area contributed by atoms with Crippen LogP contribution in [0.2, 0.25) is 0 Å². The van der Waals surface area contributed by atoms with Crippen LogP contribution >= 0.6 is 0 Å². The quantitative estimate of drug-likeness (QED) is 0.731. The van der Waals surface area contributed by atoms with Gasteiger partial charge in [0.15, 0.2) is 0 Å². The van der Waals surface area contributed by atoms with E-state index in [1.807, 2.05) is 13.0 Å². The molecule has 1 unspecified atom stereocenters. The summed E-state index contributed by atoms with van der Waals surface area (Å²) in [5.41, 5.74) is 0.941. The van der Waals surface area contributed by atoms with Crippen LogP contribution in [-0.4, -0.2) is 11.7 Å². The van der Waals surface area contributed by atoms with Gasteiger partial charge in [-0.25, -0.2) is 4.39 Å². The fraction of sp³-hybridized carbons (Fsp3) is 0.400. The van der Waals surface area contributed by atoms with Crippen molar-refractivity contribution in [1.82, 2.24) is 0 Å². The molecule has 1 atom stereocenters. The zero-order valence-corrected chi connectivity index (χ0v) is 7.13. The van der Waals surface area contributed by atoms with Crippen LogP contribution in [0.4, 0.5) is 4.39 Å². The molecule has 66 valence electrons. The first-order valence-corrected chi connectivity index (χ1v) is 4.07. The Balaban J connectivity index is 2.63. The molecule has 1 aromatic carbocycles. The summed E-state index contributed by atoms with van der Waals surface area (Å²) in [5, 5.41) is 8.77. The lowest BCUT2D eigenvalue weighted by Crippen LogP contribution is -2.04. The van der Waals surface area contributed by atoms with Gasteiger partial charge in [0.25, 0.3) is 0 Å². The van der Waals surface area contributed by atoms with Crippen LogP contribution in [0.5, 0.6) is 0 Å². The molecule has 12 heavy (non-hydrogen) atoms. The number of hydrogen-bond donors (Lipinski definition) is 1. The minimum atomic E-state index is -0.211. The summed E-state index contributed by atoms with van der Waals surface area (Å²) >= 11 is 0. The lowest BCUT2D eigenvalue weighted by Gasteiger charge is -2.06. The summed E-state index contributed by atoms with van der Waals surface area (Å²) in [6.45, 7) is 2.08. The Labute approximate surface area is 71.9 Å². The normalized spacial score (nSPS) is 12.9. The Morgan fingerprint density at radius 3 is 2.83 bits per heavy atom. The van der Waals surface area contributed by atoms with Gasteiger partial charge in [-0.1, -0.05) is 19.1 Å². The topological polar surface area (TPSA) is 20.2 Å². The summed E-state index contributed by atoms with van der Waals surface area (Å²) in [7, 11) is 0. The third kappa shape index (κ3) is 2.62. The predicted molar refractivity (Wildman–Crippen MR) is 46.4 cm³/mol. The Bertz CT molecular complexity index is 247. The highest BCUT2D eigenvalue weighted by Crippen LogP contribution is 2.09. The molecule has 1 nitrogen and oxygen atoms in total. The Morgan fingerprint density at radius 1 is 1.50 bits per heavy atom. The van der Waals surface area contributed by atoms with Crippen molar-refractivity contribution in [2.75, 3.05) is 6.61 Å². The summed E-state index contributed by atoms with van der Waals surface area (Å²) in [6, 6.07) is 6.49. The van der Waals surface area contributed by atoms with Crippen LogP contribution in [0, 0.1) is 11.7 Å². The van der Waals surface area contributed by atoms with E-state index in [1.54, 1.807) is 6.07 Å². The Morgan fingerprint density at radius 2 is 2.25 bits per heavy atom. The molecular formula is C10H13FO. The third-order valence-corrected chi connectivity index (χ3v) is 1.78. The lowest BCUT2D eigenvalue weighted by atomic mass is 10.0. The van der Waals surface area contributed by atoms with Crippen LogP contribution in [0.1, 0.15) is 12.5 Å². The van der Waals surface area contributed by atoms with E-state index in [-0.39, 0.29) is 18.3 Å². The molecule has 0 saturated heterocycles. The summed E-state index contributed by atoms with van der Waals surface area (Å²) in [5.74, 6) is -0.00978. The van der Waals surface area contributed by atoms with Crippen molar-refractivity contribution in [2.24, 2.45) is 5.92 Å². The first-order valence-electron chi connectivity index (χ1n) is 4.07. The van der Waals surface area contributed by atoms with Gasteiger partial charge >= 0.3 is 0 Å². The maximum Gasteiger partial charge on any atom is 0.123 e. The van der Waals surface area contributed by atoms with Crippen molar-refractivity contribution in [1.29, 1.82) is 0 Å². The van der Waals surface area contributed by atoms with Crippen LogP contribution in [0.25, 0.3) is 0 Å². The molecule has 0 bridgehead atoms. The van der Waals surface area contributed by atoms with Crippen molar-refractivity contribution in [3.05, 3.63) is 35.6 Å². The van der Waals surface area contributed by atoms with E-state index >= 15 is 0 Å². The summed E-state index contributed by atoms with van der Waals surface area (Å²) in [6.07, 6.45) is 0.730. The van der Waals surface area contributed by atoms with Crippen molar-refractivity contribution in [3.8, 4) is 0 Å². The van der Waals surface area contributed by atoms with Gasteiger partial charge in [0.1, 0.15) is 5.82 Å². The van der Waals surface area contributed by atoms with Gasteiger partial charge in [0, 0.05) is 6.61 Å². The Kier molecular flexibility index (Phi) is 3.23. The maximum atomic E-state index is 12.7. The smallest absolute Gasteiger partial charge is 0.123 e. The van der Waals surface area contributed by atoms with Crippen LogP contribution in [0.3, 0.4) is 0 Å². The van der Waals surface area contributed by atoms with Gasteiger partial charge in [0.05, 0.1) is 0 Å². The zero-order valence-electron chi connectivity index (χ0n) is 7.13. The van der Waals surface area contributed by atoms with Crippen molar-refractivity contribution >= 4 is 0 Å². The minimum Gasteiger partial charge on any atom is -0.396 e. The van der Waals surface area contributed by atoms with Gasteiger partial charge in [-0.05, 0) is 30.0 Å². The summed E-state index contributed by atoms with van der Waals surface area (Å²) < 4.78 is 12.7. The zero-order chi connectivity index (χ0) is 8.97. The second kappa shape index (κ2) is 4.21. The molecule has 0 aliphatic rings. The number of benzene rings is 1.